The van der Waals surface area contributed by atoms with Crippen LogP contribution in [0.2, 0.25) is 0 Å². The molecule has 132 valence electrons. The number of nitrogens with zero attached hydrogens (tertiary/aromatic N) is 2. The van der Waals surface area contributed by atoms with E-state index in [4.69, 9.17) is 0 Å². The summed E-state index contributed by atoms with van der Waals surface area (Å²) < 4.78 is 38.4. The number of alkyl halides is 3. The Morgan fingerprint density at radius 3 is 2.29 bits per heavy atom. The van der Waals surface area contributed by atoms with Crippen LogP contribution >= 0.6 is 0 Å². The SMILES string of the molecule is CCC1C(C(=O)c2cc(C(F)(F)F)ncn2)C(=O)C(C)(C)C1(C)C. The maximum atomic E-state index is 12.8. The molecule has 1 heterocycles. The summed E-state index contributed by atoms with van der Waals surface area (Å²) in [5.74, 6) is -2.12. The van der Waals surface area contributed by atoms with Gasteiger partial charge < -0.3 is 0 Å². The predicted octanol–water partition coefficient (Wildman–Crippen LogP) is 3.96. The van der Waals surface area contributed by atoms with Gasteiger partial charge in [-0.05, 0) is 17.4 Å². The van der Waals surface area contributed by atoms with E-state index in [1.54, 1.807) is 13.8 Å². The minimum Gasteiger partial charge on any atom is -0.298 e. The molecule has 0 aromatic carbocycles. The highest BCUT2D eigenvalue weighted by molar-refractivity contribution is 6.13. The minimum absolute atomic E-state index is 0.239. The number of carbonyl (C=O) groups is 2. The third kappa shape index (κ3) is 2.63. The highest BCUT2D eigenvalue weighted by Crippen LogP contribution is 2.57. The van der Waals surface area contributed by atoms with E-state index in [2.05, 4.69) is 9.97 Å². The fraction of sp³-hybridized carbons (Fsp3) is 0.647. The molecule has 1 aliphatic carbocycles. The molecule has 1 aliphatic rings. The zero-order valence-corrected chi connectivity index (χ0v) is 14.4. The summed E-state index contributed by atoms with van der Waals surface area (Å²) in [6, 6.07) is 0.626. The first-order valence-electron chi connectivity index (χ1n) is 7.83. The highest BCUT2D eigenvalue weighted by atomic mass is 19.4. The largest absolute Gasteiger partial charge is 0.433 e. The summed E-state index contributed by atoms with van der Waals surface area (Å²) in [6.45, 7) is 9.29. The number of carbonyl (C=O) groups excluding carboxylic acids is 2. The van der Waals surface area contributed by atoms with E-state index in [1.165, 1.54) is 0 Å². The normalized spacial score (nSPS) is 25.8. The van der Waals surface area contributed by atoms with Crippen molar-refractivity contribution in [2.75, 3.05) is 0 Å². The zero-order chi connectivity index (χ0) is 18.5. The molecule has 0 spiro atoms. The first-order chi connectivity index (χ1) is 10.9. The maximum absolute atomic E-state index is 12.8. The molecule has 0 bridgehead atoms. The van der Waals surface area contributed by atoms with Gasteiger partial charge in [-0.3, -0.25) is 9.59 Å². The molecule has 1 aromatic heterocycles. The molecule has 1 saturated carbocycles. The van der Waals surface area contributed by atoms with E-state index in [0.29, 0.717) is 18.8 Å². The van der Waals surface area contributed by atoms with Crippen molar-refractivity contribution in [1.29, 1.82) is 0 Å². The molecular formula is C17H21F3N2O2. The van der Waals surface area contributed by atoms with Crippen LogP contribution in [-0.4, -0.2) is 21.5 Å². The van der Waals surface area contributed by atoms with Crippen LogP contribution in [-0.2, 0) is 11.0 Å². The minimum atomic E-state index is -4.67. The first-order valence-corrected chi connectivity index (χ1v) is 7.83. The summed E-state index contributed by atoms with van der Waals surface area (Å²) >= 11 is 0. The average molecular weight is 342 g/mol. The van der Waals surface area contributed by atoms with Crippen molar-refractivity contribution >= 4 is 11.6 Å². The average Bonchev–Trinajstić information content (AvgIpc) is 2.62. The summed E-state index contributed by atoms with van der Waals surface area (Å²) in [5, 5.41) is 0. The predicted molar refractivity (Wildman–Crippen MR) is 81.2 cm³/mol. The van der Waals surface area contributed by atoms with E-state index in [-0.39, 0.29) is 17.4 Å². The van der Waals surface area contributed by atoms with E-state index in [9.17, 15) is 22.8 Å². The number of rotatable bonds is 3. The summed E-state index contributed by atoms with van der Waals surface area (Å²) in [6.07, 6.45) is -3.37. The molecule has 24 heavy (non-hydrogen) atoms. The summed E-state index contributed by atoms with van der Waals surface area (Å²) in [7, 11) is 0. The van der Waals surface area contributed by atoms with E-state index >= 15 is 0 Å². The van der Waals surface area contributed by atoms with Gasteiger partial charge in [-0.15, -0.1) is 0 Å². The smallest absolute Gasteiger partial charge is 0.298 e. The molecule has 0 amide bonds. The molecular weight excluding hydrogens is 321 g/mol. The second-order valence-electron chi connectivity index (χ2n) is 7.35. The zero-order valence-electron chi connectivity index (χ0n) is 14.4. The fourth-order valence-corrected chi connectivity index (χ4v) is 3.62. The van der Waals surface area contributed by atoms with Gasteiger partial charge in [0.05, 0.1) is 5.92 Å². The third-order valence-corrected chi connectivity index (χ3v) is 5.77. The Balaban J connectivity index is 2.48. The van der Waals surface area contributed by atoms with Crippen LogP contribution in [0.3, 0.4) is 0 Å². The van der Waals surface area contributed by atoms with E-state index in [0.717, 1.165) is 0 Å². The number of ketones is 2. The number of halogens is 3. The first kappa shape index (κ1) is 18.5. The Morgan fingerprint density at radius 1 is 1.21 bits per heavy atom. The third-order valence-electron chi connectivity index (χ3n) is 5.77. The molecule has 4 nitrogen and oxygen atoms in total. The number of hydrogen-bond donors (Lipinski definition) is 0. The second-order valence-corrected chi connectivity index (χ2v) is 7.35. The van der Waals surface area contributed by atoms with E-state index < -0.39 is 34.4 Å². The van der Waals surface area contributed by atoms with Crippen LogP contribution < -0.4 is 0 Å². The van der Waals surface area contributed by atoms with Crippen LogP contribution in [0.5, 0.6) is 0 Å². The lowest BCUT2D eigenvalue weighted by Gasteiger charge is -2.37. The Bertz CT molecular complexity index is 681. The van der Waals surface area contributed by atoms with Gasteiger partial charge in [0.15, 0.2) is 5.78 Å². The van der Waals surface area contributed by atoms with Crippen molar-refractivity contribution < 1.29 is 22.8 Å². The molecule has 1 fully saturated rings. The Hall–Kier alpha value is -1.79. The van der Waals surface area contributed by atoms with Crippen molar-refractivity contribution in [2.45, 2.75) is 47.2 Å². The Morgan fingerprint density at radius 2 is 1.79 bits per heavy atom. The van der Waals surface area contributed by atoms with Crippen molar-refractivity contribution in [3.8, 4) is 0 Å². The van der Waals surface area contributed by atoms with Gasteiger partial charge in [0.25, 0.3) is 0 Å². The number of Topliss-reactive ketones (excluding diaryl/α,β-unsaturated/α-hetero) is 2. The van der Waals surface area contributed by atoms with E-state index in [1.807, 2.05) is 20.8 Å². The molecule has 0 aliphatic heterocycles. The lowest BCUT2D eigenvalue weighted by Crippen LogP contribution is -2.34. The Labute approximate surface area is 138 Å². The fourth-order valence-electron chi connectivity index (χ4n) is 3.62. The van der Waals surface area contributed by atoms with Crippen molar-refractivity contribution in [3.05, 3.63) is 23.8 Å². The van der Waals surface area contributed by atoms with Gasteiger partial charge in [0.2, 0.25) is 0 Å². The monoisotopic (exact) mass is 342 g/mol. The molecule has 2 atom stereocenters. The molecule has 0 N–H and O–H groups in total. The molecule has 7 heteroatoms. The summed E-state index contributed by atoms with van der Waals surface area (Å²) in [4.78, 5) is 32.5. The van der Waals surface area contributed by atoms with Gasteiger partial charge in [0, 0.05) is 5.41 Å². The lowest BCUT2D eigenvalue weighted by molar-refractivity contribution is -0.141. The molecule has 2 unspecified atom stereocenters. The number of aromatic nitrogens is 2. The van der Waals surface area contributed by atoms with Gasteiger partial charge in [-0.25, -0.2) is 9.97 Å². The van der Waals surface area contributed by atoms with Crippen molar-refractivity contribution in [1.82, 2.24) is 9.97 Å². The van der Waals surface area contributed by atoms with Crippen LogP contribution in [0.15, 0.2) is 12.4 Å². The van der Waals surface area contributed by atoms with Crippen LogP contribution in [0.25, 0.3) is 0 Å². The molecule has 2 rings (SSSR count). The van der Waals surface area contributed by atoms with Gasteiger partial charge in [-0.1, -0.05) is 41.0 Å². The molecule has 0 radical (unpaired) electrons. The van der Waals surface area contributed by atoms with Gasteiger partial charge in [-0.2, -0.15) is 13.2 Å². The second kappa shape index (κ2) is 5.63. The van der Waals surface area contributed by atoms with Crippen LogP contribution in [0.4, 0.5) is 13.2 Å². The van der Waals surface area contributed by atoms with Gasteiger partial charge in [0.1, 0.15) is 23.5 Å². The van der Waals surface area contributed by atoms with Crippen molar-refractivity contribution in [3.63, 3.8) is 0 Å². The molecule has 1 aromatic rings. The van der Waals surface area contributed by atoms with Gasteiger partial charge >= 0.3 is 6.18 Å². The maximum Gasteiger partial charge on any atom is 0.433 e. The Kier molecular flexibility index (Phi) is 4.35. The van der Waals surface area contributed by atoms with Crippen LogP contribution in [0, 0.1) is 22.7 Å². The quantitative estimate of drug-likeness (QED) is 0.616. The van der Waals surface area contributed by atoms with Crippen molar-refractivity contribution in [2.24, 2.45) is 22.7 Å². The number of hydrogen-bond acceptors (Lipinski definition) is 4. The summed E-state index contributed by atoms with van der Waals surface area (Å²) in [5.41, 5.74) is -2.73. The topological polar surface area (TPSA) is 59.9 Å². The highest BCUT2D eigenvalue weighted by Gasteiger charge is 2.61. The van der Waals surface area contributed by atoms with Crippen LogP contribution in [0.1, 0.15) is 57.2 Å². The lowest BCUT2D eigenvalue weighted by atomic mass is 9.66. The standard InChI is InChI=1S/C17H21F3N2O2/c1-6-9-12(14(24)16(4,5)15(9,2)3)13(23)10-7-11(17(18,19)20)22-8-21-10/h7-9,12H,6H2,1-5H3. The molecule has 0 saturated heterocycles.